The fourth-order valence-electron chi connectivity index (χ4n) is 0.935. The summed E-state index contributed by atoms with van der Waals surface area (Å²) in [6, 6.07) is 20.3. The molecule has 0 saturated heterocycles. The minimum atomic E-state index is -2.40. The van der Waals surface area contributed by atoms with E-state index in [0.29, 0.717) is 4.90 Å². The molecule has 0 atom stereocenters. The topological polar surface area (TPSA) is 34.1 Å². The lowest BCUT2D eigenvalue weighted by Gasteiger charge is -1.83. The van der Waals surface area contributed by atoms with E-state index in [1.807, 2.05) is 36.4 Å². The van der Waals surface area contributed by atoms with Crippen molar-refractivity contribution in [1.29, 1.82) is 0 Å². The summed E-state index contributed by atoms with van der Waals surface area (Å²) >= 11 is 0. The molecule has 0 bridgehead atoms. The molecule has 0 fully saturated rings. The maximum absolute atomic E-state index is 10.2. The molecule has 0 saturated carbocycles. The Hall–Kier alpha value is -1.61. The van der Waals surface area contributed by atoms with E-state index in [0.717, 1.165) is 0 Å². The second-order valence-corrected chi connectivity index (χ2v) is 3.78. The monoisotopic (exact) mass is 220 g/mol. The van der Waals surface area contributed by atoms with E-state index >= 15 is 0 Å². The van der Waals surface area contributed by atoms with Crippen LogP contribution in [0, 0.1) is 0 Å². The average Bonchev–Trinajstić information content (AvgIpc) is 2.33. The molecule has 3 heteroatoms. The number of benzene rings is 2. The van der Waals surface area contributed by atoms with Crippen LogP contribution in [0.1, 0.15) is 0 Å². The molecule has 78 valence electrons. The van der Waals surface area contributed by atoms with Gasteiger partial charge in [0, 0.05) is 0 Å². The Morgan fingerprint density at radius 3 is 1.20 bits per heavy atom. The minimum absolute atomic E-state index is 0.368. The van der Waals surface area contributed by atoms with Gasteiger partial charge in [0.25, 0.3) is 0 Å². The lowest BCUT2D eigenvalue weighted by Crippen LogP contribution is -1.75. The number of hydrogen-bond acceptors (Lipinski definition) is 2. The van der Waals surface area contributed by atoms with E-state index in [-0.39, 0.29) is 0 Å². The fraction of sp³-hybridized carbons (Fsp3) is 0. The Morgan fingerprint density at radius 2 is 0.933 bits per heavy atom. The Kier molecular flexibility index (Phi) is 5.19. The molecular weight excluding hydrogens is 208 g/mol. The zero-order valence-corrected chi connectivity index (χ0v) is 9.01. The van der Waals surface area contributed by atoms with Crippen LogP contribution in [0.5, 0.6) is 0 Å². The van der Waals surface area contributed by atoms with Gasteiger partial charge in [-0.1, -0.05) is 54.6 Å². The first-order valence-corrected chi connectivity index (χ1v) is 5.68. The van der Waals surface area contributed by atoms with Gasteiger partial charge in [-0.15, -0.1) is 0 Å². The zero-order chi connectivity index (χ0) is 10.9. The van der Waals surface area contributed by atoms with Gasteiger partial charge in [0.1, 0.15) is 0 Å². The van der Waals surface area contributed by atoms with Gasteiger partial charge in [-0.05, 0) is 12.1 Å². The van der Waals surface area contributed by atoms with Gasteiger partial charge in [-0.3, -0.25) is 0 Å². The summed E-state index contributed by atoms with van der Waals surface area (Å²) in [5, 5.41) is 0. The maximum atomic E-state index is 10.2. The molecule has 2 nitrogen and oxygen atoms in total. The van der Waals surface area contributed by atoms with E-state index in [2.05, 4.69) is 0 Å². The molecule has 2 aromatic rings. The molecule has 0 aliphatic carbocycles. The molecule has 0 aromatic heterocycles. The van der Waals surface area contributed by atoms with Crippen LogP contribution in [-0.4, -0.2) is 8.42 Å². The summed E-state index contributed by atoms with van der Waals surface area (Å²) < 4.78 is 20.5. The van der Waals surface area contributed by atoms with E-state index in [4.69, 9.17) is 0 Å². The average molecular weight is 220 g/mol. The highest BCUT2D eigenvalue weighted by Crippen LogP contribution is 1.97. The largest absolute Gasteiger partial charge is 0.227 e. The third-order valence-corrected chi connectivity index (χ3v) is 2.35. The number of hydrogen-bond donors (Lipinski definition) is 1. The normalized spacial score (nSPS) is 9.13. The smallest absolute Gasteiger partial charge is 0.168 e. The zero-order valence-electron chi connectivity index (χ0n) is 8.11. The first kappa shape index (κ1) is 11.5. The highest BCUT2D eigenvalue weighted by Gasteiger charge is 1.87. The van der Waals surface area contributed by atoms with Crippen molar-refractivity contribution in [1.82, 2.24) is 0 Å². The molecule has 0 aliphatic heterocycles. The fourth-order valence-corrected chi connectivity index (χ4v) is 1.35. The Labute approximate surface area is 91.2 Å². The molecule has 0 aliphatic rings. The summed E-state index contributed by atoms with van der Waals surface area (Å²) in [5.41, 5.74) is 0. The Bertz CT molecular complexity index is 401. The lowest BCUT2D eigenvalue weighted by molar-refractivity contribution is 0.614. The summed E-state index contributed by atoms with van der Waals surface area (Å²) in [6.07, 6.45) is 0. The van der Waals surface area contributed by atoms with Gasteiger partial charge in [-0.2, -0.15) is 0 Å². The third-order valence-electron chi connectivity index (χ3n) is 1.63. The quantitative estimate of drug-likeness (QED) is 0.748. The maximum Gasteiger partial charge on any atom is 0.168 e. The molecule has 0 heterocycles. The summed E-state index contributed by atoms with van der Waals surface area (Å²) in [5.74, 6) is 0. The molecular formula is C12H12O2S. The molecule has 2 aromatic carbocycles. The Morgan fingerprint density at radius 1 is 0.600 bits per heavy atom. The van der Waals surface area contributed by atoms with E-state index in [1.54, 1.807) is 30.3 Å². The first-order chi connectivity index (χ1) is 7.30. The van der Waals surface area contributed by atoms with Crippen molar-refractivity contribution in [3.63, 3.8) is 0 Å². The first-order valence-electron chi connectivity index (χ1n) is 4.50. The molecule has 15 heavy (non-hydrogen) atoms. The third kappa shape index (κ3) is 4.98. The van der Waals surface area contributed by atoms with Crippen LogP contribution < -0.4 is 0 Å². The van der Waals surface area contributed by atoms with Gasteiger partial charge in [-0.25, -0.2) is 8.42 Å². The highest BCUT2D eigenvalue weighted by atomic mass is 32.2. The van der Waals surface area contributed by atoms with E-state index < -0.39 is 10.7 Å². The summed E-state index contributed by atoms with van der Waals surface area (Å²) in [6.45, 7) is 0. The van der Waals surface area contributed by atoms with Gasteiger partial charge < -0.3 is 0 Å². The second kappa shape index (κ2) is 6.79. The number of thiol groups is 1. The predicted molar refractivity (Wildman–Crippen MR) is 61.5 cm³/mol. The van der Waals surface area contributed by atoms with E-state index in [9.17, 15) is 8.42 Å². The molecule has 0 N–H and O–H groups in total. The minimum Gasteiger partial charge on any atom is -0.227 e. The van der Waals surface area contributed by atoms with Crippen LogP contribution in [0.2, 0.25) is 0 Å². The van der Waals surface area contributed by atoms with Crippen molar-refractivity contribution < 1.29 is 8.42 Å². The van der Waals surface area contributed by atoms with Crippen molar-refractivity contribution in [3.05, 3.63) is 66.7 Å². The van der Waals surface area contributed by atoms with Crippen LogP contribution >= 0.6 is 0 Å². The van der Waals surface area contributed by atoms with Crippen LogP contribution in [0.3, 0.4) is 0 Å². The molecule has 0 radical (unpaired) electrons. The summed E-state index contributed by atoms with van der Waals surface area (Å²) in [4.78, 5) is 0.368. The van der Waals surface area contributed by atoms with Crippen molar-refractivity contribution in [3.8, 4) is 0 Å². The van der Waals surface area contributed by atoms with Crippen molar-refractivity contribution in [2.24, 2.45) is 0 Å². The predicted octanol–water partition coefficient (Wildman–Crippen LogP) is 2.34. The number of rotatable bonds is 1. The van der Waals surface area contributed by atoms with Gasteiger partial charge in [0.2, 0.25) is 0 Å². The van der Waals surface area contributed by atoms with Crippen LogP contribution in [-0.2, 0) is 10.7 Å². The van der Waals surface area contributed by atoms with Crippen LogP contribution in [0.4, 0.5) is 0 Å². The van der Waals surface area contributed by atoms with Crippen molar-refractivity contribution >= 4 is 10.7 Å². The summed E-state index contributed by atoms with van der Waals surface area (Å²) in [7, 11) is -2.40. The molecule has 2 rings (SSSR count). The van der Waals surface area contributed by atoms with Crippen LogP contribution in [0.25, 0.3) is 0 Å². The van der Waals surface area contributed by atoms with Crippen LogP contribution in [0.15, 0.2) is 71.6 Å². The lowest BCUT2D eigenvalue weighted by atomic mass is 10.4. The Balaban J connectivity index is 0.000000162. The SMILES string of the molecule is O=[SH](=O)c1ccccc1.c1ccccc1. The molecule has 0 amide bonds. The molecule has 0 unspecified atom stereocenters. The molecule has 0 spiro atoms. The van der Waals surface area contributed by atoms with Gasteiger partial charge >= 0.3 is 0 Å². The second-order valence-electron chi connectivity index (χ2n) is 2.75. The van der Waals surface area contributed by atoms with Gasteiger partial charge in [0.15, 0.2) is 10.7 Å². The standard InChI is InChI=1S/C6H6O2S.C6H6/c7-9(8)6-4-2-1-3-5-6;1-2-4-6-5-3-1/h1-5,9H;1-6H. The van der Waals surface area contributed by atoms with Crippen molar-refractivity contribution in [2.45, 2.75) is 4.90 Å². The van der Waals surface area contributed by atoms with Crippen molar-refractivity contribution in [2.75, 3.05) is 0 Å². The van der Waals surface area contributed by atoms with E-state index in [1.165, 1.54) is 0 Å². The highest BCUT2D eigenvalue weighted by molar-refractivity contribution is 7.72. The van der Waals surface area contributed by atoms with Gasteiger partial charge in [0.05, 0.1) is 4.90 Å².